The molecule has 0 unspecified atom stereocenters. The van der Waals surface area contributed by atoms with Gasteiger partial charge in [-0.25, -0.2) is 0 Å². The molecule has 2 N–H and O–H groups in total. The molecule has 1 atom stereocenters. The van der Waals surface area contributed by atoms with Gasteiger partial charge < -0.3 is 29.5 Å². The number of anilines is 1. The van der Waals surface area contributed by atoms with Gasteiger partial charge in [-0.1, -0.05) is 21.1 Å². The Morgan fingerprint density at radius 2 is 1.86 bits per heavy atom. The Morgan fingerprint density at radius 1 is 1.18 bits per heavy atom. The average molecular weight is 451 g/mol. The SMILES string of the molecule is COc1cc(C2=NO[C@@H](C(=O)Nc3cc(Br)ccc3O)C2)cc(OC)c1OC. The maximum Gasteiger partial charge on any atom is 0.268 e. The number of benzene rings is 2. The first-order valence-corrected chi connectivity index (χ1v) is 9.08. The molecule has 9 heteroatoms. The number of carbonyl (C=O) groups is 1. The molecule has 2 aromatic carbocycles. The molecule has 0 fully saturated rings. The lowest BCUT2D eigenvalue weighted by Crippen LogP contribution is -2.28. The van der Waals surface area contributed by atoms with E-state index in [9.17, 15) is 9.90 Å². The van der Waals surface area contributed by atoms with Crippen LogP contribution in [-0.4, -0.2) is 44.2 Å². The highest BCUT2D eigenvalue weighted by Crippen LogP contribution is 2.39. The number of rotatable bonds is 6. The van der Waals surface area contributed by atoms with E-state index in [2.05, 4.69) is 26.4 Å². The van der Waals surface area contributed by atoms with Gasteiger partial charge in [-0.3, -0.25) is 4.79 Å². The first-order valence-electron chi connectivity index (χ1n) is 8.29. The zero-order valence-electron chi connectivity index (χ0n) is 15.5. The lowest BCUT2D eigenvalue weighted by molar-refractivity contribution is -0.125. The third kappa shape index (κ3) is 3.99. The molecule has 8 nitrogen and oxygen atoms in total. The van der Waals surface area contributed by atoms with Crippen LogP contribution in [0.5, 0.6) is 23.0 Å². The van der Waals surface area contributed by atoms with Crippen LogP contribution in [0.3, 0.4) is 0 Å². The molecular weight excluding hydrogens is 432 g/mol. The summed E-state index contributed by atoms with van der Waals surface area (Å²) in [5.41, 5.74) is 1.54. The van der Waals surface area contributed by atoms with E-state index < -0.39 is 12.0 Å². The largest absolute Gasteiger partial charge is 0.506 e. The fraction of sp³-hybridized carbons (Fsp3) is 0.263. The highest BCUT2D eigenvalue weighted by Gasteiger charge is 2.30. The number of hydrogen-bond acceptors (Lipinski definition) is 7. The van der Waals surface area contributed by atoms with Crippen molar-refractivity contribution in [1.29, 1.82) is 0 Å². The Balaban J connectivity index is 1.76. The lowest BCUT2D eigenvalue weighted by Gasteiger charge is -2.14. The van der Waals surface area contributed by atoms with E-state index >= 15 is 0 Å². The summed E-state index contributed by atoms with van der Waals surface area (Å²) in [4.78, 5) is 17.8. The summed E-state index contributed by atoms with van der Waals surface area (Å²) >= 11 is 3.30. The molecule has 0 aromatic heterocycles. The molecule has 0 spiro atoms. The summed E-state index contributed by atoms with van der Waals surface area (Å²) in [6.07, 6.45) is -0.577. The number of hydrogen-bond donors (Lipinski definition) is 2. The van der Waals surface area contributed by atoms with Crippen LogP contribution in [0.4, 0.5) is 5.69 Å². The molecule has 28 heavy (non-hydrogen) atoms. The number of carbonyl (C=O) groups excluding carboxylic acids is 1. The third-order valence-corrected chi connectivity index (χ3v) is 4.67. The fourth-order valence-corrected chi connectivity index (χ4v) is 3.12. The second kappa shape index (κ2) is 8.39. The number of aromatic hydroxyl groups is 1. The summed E-state index contributed by atoms with van der Waals surface area (Å²) in [6.45, 7) is 0. The summed E-state index contributed by atoms with van der Waals surface area (Å²) in [6, 6.07) is 8.23. The van der Waals surface area contributed by atoms with Gasteiger partial charge in [0.1, 0.15) is 5.75 Å². The molecule has 0 aliphatic carbocycles. The van der Waals surface area contributed by atoms with Gasteiger partial charge >= 0.3 is 0 Å². The molecule has 1 aliphatic rings. The first-order chi connectivity index (χ1) is 13.5. The Morgan fingerprint density at radius 3 is 2.46 bits per heavy atom. The van der Waals surface area contributed by atoms with Crippen molar-refractivity contribution < 1.29 is 28.9 Å². The van der Waals surface area contributed by atoms with Gasteiger partial charge in [0.2, 0.25) is 11.9 Å². The molecule has 1 amide bonds. The average Bonchev–Trinajstić information content (AvgIpc) is 3.20. The quantitative estimate of drug-likeness (QED) is 0.654. The lowest BCUT2D eigenvalue weighted by atomic mass is 10.0. The van der Waals surface area contributed by atoms with E-state index in [1.165, 1.54) is 27.4 Å². The first kappa shape index (κ1) is 19.8. The normalized spacial score (nSPS) is 15.4. The van der Waals surface area contributed by atoms with Crippen molar-refractivity contribution in [3.05, 3.63) is 40.4 Å². The van der Waals surface area contributed by atoms with Gasteiger partial charge in [-0.2, -0.15) is 0 Å². The van der Waals surface area contributed by atoms with Crippen LogP contribution < -0.4 is 19.5 Å². The van der Waals surface area contributed by atoms with E-state index in [0.29, 0.717) is 28.5 Å². The van der Waals surface area contributed by atoms with Crippen molar-refractivity contribution >= 4 is 33.2 Å². The van der Waals surface area contributed by atoms with Crippen LogP contribution in [0.2, 0.25) is 0 Å². The smallest absolute Gasteiger partial charge is 0.268 e. The second-order valence-electron chi connectivity index (χ2n) is 5.90. The van der Waals surface area contributed by atoms with Crippen molar-refractivity contribution in [3.8, 4) is 23.0 Å². The minimum atomic E-state index is -0.826. The highest BCUT2D eigenvalue weighted by atomic mass is 79.9. The van der Waals surface area contributed by atoms with Crippen LogP contribution in [0, 0.1) is 0 Å². The minimum absolute atomic E-state index is 0.0414. The molecule has 0 saturated carbocycles. The van der Waals surface area contributed by atoms with Crippen LogP contribution in [0.1, 0.15) is 12.0 Å². The number of amides is 1. The molecule has 3 rings (SSSR count). The van der Waals surface area contributed by atoms with Gasteiger partial charge in [0.25, 0.3) is 5.91 Å². The Labute approximate surface area is 170 Å². The number of halogens is 1. The topological polar surface area (TPSA) is 98.6 Å². The maximum atomic E-state index is 12.5. The molecule has 1 aliphatic heterocycles. The molecule has 0 bridgehead atoms. The zero-order chi connectivity index (χ0) is 20.3. The van der Waals surface area contributed by atoms with E-state index in [1.54, 1.807) is 24.3 Å². The standard InChI is InChI=1S/C19H19BrN2O6/c1-25-15-6-10(7-16(26-2)18(15)27-3)12-9-17(28-22-12)19(24)21-13-8-11(20)4-5-14(13)23/h4-8,17,23H,9H2,1-3H3,(H,21,24)/t17-/m1/s1. The number of phenols is 1. The van der Waals surface area contributed by atoms with Crippen molar-refractivity contribution in [1.82, 2.24) is 0 Å². The molecular formula is C19H19BrN2O6. The molecule has 1 heterocycles. The minimum Gasteiger partial charge on any atom is -0.506 e. The highest BCUT2D eigenvalue weighted by molar-refractivity contribution is 9.10. The van der Waals surface area contributed by atoms with Gasteiger partial charge in [-0.15, -0.1) is 0 Å². The predicted molar refractivity (Wildman–Crippen MR) is 107 cm³/mol. The maximum absolute atomic E-state index is 12.5. The van der Waals surface area contributed by atoms with Crippen LogP contribution in [0.15, 0.2) is 40.0 Å². The number of methoxy groups -OCH3 is 3. The summed E-state index contributed by atoms with van der Waals surface area (Å²) in [5.74, 6) is 0.964. The summed E-state index contributed by atoms with van der Waals surface area (Å²) < 4.78 is 16.7. The van der Waals surface area contributed by atoms with E-state index in [-0.39, 0.29) is 17.9 Å². The van der Waals surface area contributed by atoms with E-state index in [1.807, 2.05) is 0 Å². The monoisotopic (exact) mass is 450 g/mol. The van der Waals surface area contributed by atoms with Crippen LogP contribution in [-0.2, 0) is 9.63 Å². The van der Waals surface area contributed by atoms with Gasteiger partial charge in [0.15, 0.2) is 11.5 Å². The number of nitrogens with zero attached hydrogens (tertiary/aromatic N) is 1. The van der Waals surface area contributed by atoms with Crippen LogP contribution in [0.25, 0.3) is 0 Å². The van der Waals surface area contributed by atoms with Crippen molar-refractivity contribution in [3.63, 3.8) is 0 Å². The predicted octanol–water partition coefficient (Wildman–Crippen LogP) is 3.31. The second-order valence-corrected chi connectivity index (χ2v) is 6.82. The van der Waals surface area contributed by atoms with Crippen molar-refractivity contribution in [2.24, 2.45) is 5.16 Å². The van der Waals surface area contributed by atoms with Gasteiger partial charge in [-0.05, 0) is 30.3 Å². The summed E-state index contributed by atoms with van der Waals surface area (Å²) in [7, 11) is 4.57. The van der Waals surface area contributed by atoms with Gasteiger partial charge in [0.05, 0.1) is 32.7 Å². The number of oxime groups is 1. The number of nitrogens with one attached hydrogen (secondary N) is 1. The zero-order valence-corrected chi connectivity index (χ0v) is 17.1. The van der Waals surface area contributed by atoms with E-state index in [0.717, 1.165) is 4.47 Å². The number of ether oxygens (including phenoxy) is 3. The van der Waals surface area contributed by atoms with Crippen LogP contribution >= 0.6 is 15.9 Å². The van der Waals surface area contributed by atoms with Gasteiger partial charge in [0, 0.05) is 16.5 Å². The molecule has 148 valence electrons. The Hall–Kier alpha value is -2.94. The fourth-order valence-electron chi connectivity index (χ4n) is 2.76. The summed E-state index contributed by atoms with van der Waals surface area (Å²) in [5, 5.41) is 16.5. The Bertz CT molecular complexity index is 906. The molecule has 2 aromatic rings. The third-order valence-electron chi connectivity index (χ3n) is 4.18. The van der Waals surface area contributed by atoms with Crippen molar-refractivity contribution in [2.75, 3.05) is 26.6 Å². The molecule has 0 radical (unpaired) electrons. The molecule has 0 saturated heterocycles. The van der Waals surface area contributed by atoms with E-state index in [4.69, 9.17) is 19.0 Å². The van der Waals surface area contributed by atoms with Crippen molar-refractivity contribution in [2.45, 2.75) is 12.5 Å². The Kier molecular flexibility index (Phi) is 5.93. The number of phenolic OH excluding ortho intramolecular Hbond substituents is 1.